The second-order valence-electron chi connectivity index (χ2n) is 5.20. The average molecular weight is 360 g/mol. The SMILES string of the molecule is Cc1cc(C(=O)NNC(=O)c2cc3c(nc4sccn43)s2)c(C)o1. The number of nitrogens with zero attached hydrogens (tertiary/aromatic N) is 2. The van der Waals surface area contributed by atoms with Crippen LogP contribution in [-0.2, 0) is 0 Å². The number of rotatable bonds is 2. The van der Waals surface area contributed by atoms with Crippen LogP contribution in [0.25, 0.3) is 15.3 Å². The molecule has 0 fully saturated rings. The number of hydrazine groups is 1. The summed E-state index contributed by atoms with van der Waals surface area (Å²) in [4.78, 5) is 30.9. The number of hydrogen-bond acceptors (Lipinski definition) is 6. The molecule has 0 bridgehead atoms. The number of furan rings is 1. The van der Waals surface area contributed by atoms with E-state index in [-0.39, 0.29) is 5.91 Å². The van der Waals surface area contributed by atoms with E-state index in [2.05, 4.69) is 15.8 Å². The summed E-state index contributed by atoms with van der Waals surface area (Å²) >= 11 is 2.82. The Morgan fingerprint density at radius 2 is 2.00 bits per heavy atom. The first kappa shape index (κ1) is 14.9. The quantitative estimate of drug-likeness (QED) is 0.538. The average Bonchev–Trinajstić information content (AvgIpc) is 3.25. The number of amides is 2. The highest BCUT2D eigenvalue weighted by atomic mass is 32.1. The fraction of sp³-hybridized carbons (Fsp3) is 0.133. The van der Waals surface area contributed by atoms with E-state index >= 15 is 0 Å². The van der Waals surface area contributed by atoms with Gasteiger partial charge in [-0.05, 0) is 26.0 Å². The van der Waals surface area contributed by atoms with Gasteiger partial charge in [0.1, 0.15) is 16.4 Å². The molecular weight excluding hydrogens is 348 g/mol. The van der Waals surface area contributed by atoms with Gasteiger partial charge in [0.15, 0.2) is 4.96 Å². The smallest absolute Gasteiger partial charge is 0.279 e. The maximum Gasteiger partial charge on any atom is 0.279 e. The van der Waals surface area contributed by atoms with Gasteiger partial charge in [0.25, 0.3) is 11.8 Å². The molecule has 24 heavy (non-hydrogen) atoms. The lowest BCUT2D eigenvalue weighted by Crippen LogP contribution is -2.41. The molecule has 4 aromatic heterocycles. The van der Waals surface area contributed by atoms with Crippen LogP contribution in [0.4, 0.5) is 0 Å². The van der Waals surface area contributed by atoms with E-state index in [1.165, 1.54) is 22.7 Å². The Hall–Kier alpha value is -2.65. The van der Waals surface area contributed by atoms with Crippen LogP contribution in [0, 0.1) is 13.8 Å². The standard InChI is InChI=1S/C15H12N4O3S2/c1-7-5-9(8(2)22-7)12(20)17-18-13(21)11-6-10-14(24-11)16-15-19(10)3-4-23-15/h3-6H,1-2H3,(H,17,20)(H,18,21). The van der Waals surface area contributed by atoms with Gasteiger partial charge in [0.2, 0.25) is 0 Å². The number of fused-ring (bicyclic) bond motifs is 3. The molecule has 0 spiro atoms. The molecule has 0 atom stereocenters. The zero-order valence-corrected chi connectivity index (χ0v) is 14.4. The molecule has 122 valence electrons. The Morgan fingerprint density at radius 1 is 1.21 bits per heavy atom. The first-order valence-corrected chi connectivity index (χ1v) is 8.75. The highest BCUT2D eigenvalue weighted by Gasteiger charge is 2.17. The number of aromatic nitrogens is 2. The first-order chi connectivity index (χ1) is 11.5. The third-order valence-corrected chi connectivity index (χ3v) is 5.31. The second-order valence-corrected chi connectivity index (χ2v) is 7.11. The molecular formula is C15H12N4O3S2. The van der Waals surface area contributed by atoms with Crippen LogP contribution < -0.4 is 10.9 Å². The van der Waals surface area contributed by atoms with Crippen LogP contribution in [0.3, 0.4) is 0 Å². The zero-order chi connectivity index (χ0) is 16.8. The lowest BCUT2D eigenvalue weighted by atomic mass is 10.2. The van der Waals surface area contributed by atoms with Gasteiger partial charge in [-0.15, -0.1) is 22.7 Å². The lowest BCUT2D eigenvalue weighted by molar-refractivity contribution is 0.0848. The van der Waals surface area contributed by atoms with Crippen LogP contribution in [-0.4, -0.2) is 21.2 Å². The molecule has 7 nitrogen and oxygen atoms in total. The Balaban J connectivity index is 1.50. The van der Waals surface area contributed by atoms with Gasteiger partial charge >= 0.3 is 0 Å². The normalized spacial score (nSPS) is 11.2. The summed E-state index contributed by atoms with van der Waals surface area (Å²) in [5, 5.41) is 1.94. The molecule has 0 saturated heterocycles. The van der Waals surface area contributed by atoms with Crippen molar-refractivity contribution in [2.75, 3.05) is 0 Å². The fourth-order valence-corrected chi connectivity index (χ4v) is 4.15. The van der Waals surface area contributed by atoms with Crippen LogP contribution in [0.15, 0.2) is 28.1 Å². The van der Waals surface area contributed by atoms with E-state index in [1.54, 1.807) is 26.0 Å². The molecule has 0 aliphatic rings. The molecule has 0 saturated carbocycles. The van der Waals surface area contributed by atoms with Crippen molar-refractivity contribution in [3.8, 4) is 0 Å². The van der Waals surface area contributed by atoms with Crippen LogP contribution in [0.2, 0.25) is 0 Å². The number of imidazole rings is 1. The summed E-state index contributed by atoms with van der Waals surface area (Å²) in [5.41, 5.74) is 6.11. The van der Waals surface area contributed by atoms with Crippen molar-refractivity contribution in [3.63, 3.8) is 0 Å². The molecule has 4 rings (SSSR count). The van der Waals surface area contributed by atoms with Crippen LogP contribution in [0.1, 0.15) is 31.6 Å². The van der Waals surface area contributed by atoms with E-state index < -0.39 is 5.91 Å². The number of carbonyl (C=O) groups is 2. The van der Waals surface area contributed by atoms with Gasteiger partial charge in [0.05, 0.1) is 16.0 Å². The van der Waals surface area contributed by atoms with E-state index in [1.807, 2.05) is 16.0 Å². The van der Waals surface area contributed by atoms with Crippen molar-refractivity contribution in [1.82, 2.24) is 20.2 Å². The highest BCUT2D eigenvalue weighted by molar-refractivity contribution is 7.21. The van der Waals surface area contributed by atoms with Crippen molar-refractivity contribution in [1.29, 1.82) is 0 Å². The van der Waals surface area contributed by atoms with Crippen molar-refractivity contribution < 1.29 is 14.0 Å². The summed E-state index contributed by atoms with van der Waals surface area (Å²) in [6, 6.07) is 3.39. The first-order valence-electron chi connectivity index (χ1n) is 7.06. The van der Waals surface area contributed by atoms with E-state index in [4.69, 9.17) is 4.42 Å². The number of hydrogen-bond donors (Lipinski definition) is 2. The fourth-order valence-electron chi connectivity index (χ4n) is 2.46. The van der Waals surface area contributed by atoms with Gasteiger partial charge in [-0.1, -0.05) is 0 Å². The molecule has 0 aromatic carbocycles. The Morgan fingerprint density at radius 3 is 2.75 bits per heavy atom. The molecule has 0 radical (unpaired) electrons. The number of nitrogens with one attached hydrogen (secondary N) is 2. The third-order valence-electron chi connectivity index (χ3n) is 3.54. The summed E-state index contributed by atoms with van der Waals surface area (Å²) in [6.45, 7) is 3.46. The Labute approximate surface area is 143 Å². The van der Waals surface area contributed by atoms with Crippen molar-refractivity contribution in [2.24, 2.45) is 0 Å². The maximum atomic E-state index is 12.2. The number of thiazole rings is 1. The Kier molecular flexibility index (Phi) is 3.39. The van der Waals surface area contributed by atoms with Gasteiger partial charge in [-0.2, -0.15) is 0 Å². The van der Waals surface area contributed by atoms with Gasteiger partial charge in [0, 0.05) is 11.6 Å². The third kappa shape index (κ3) is 2.38. The summed E-state index contributed by atoms with van der Waals surface area (Å²) in [6.07, 6.45) is 1.91. The molecule has 2 N–H and O–H groups in total. The molecule has 9 heteroatoms. The highest BCUT2D eigenvalue weighted by Crippen LogP contribution is 2.28. The van der Waals surface area contributed by atoms with Gasteiger partial charge in [-0.25, -0.2) is 4.98 Å². The Bertz CT molecular complexity index is 1090. The van der Waals surface area contributed by atoms with Gasteiger partial charge in [-0.3, -0.25) is 24.8 Å². The molecule has 4 aromatic rings. The molecule has 0 aliphatic heterocycles. The van der Waals surface area contributed by atoms with E-state index in [0.29, 0.717) is 22.0 Å². The minimum atomic E-state index is -0.416. The predicted molar refractivity (Wildman–Crippen MR) is 91.6 cm³/mol. The monoisotopic (exact) mass is 360 g/mol. The summed E-state index contributed by atoms with van der Waals surface area (Å²) < 4.78 is 7.24. The zero-order valence-electron chi connectivity index (χ0n) is 12.7. The minimum Gasteiger partial charge on any atom is -0.466 e. The molecule has 4 heterocycles. The second kappa shape index (κ2) is 5.46. The minimum absolute atomic E-state index is 0.381. The number of thiophene rings is 1. The van der Waals surface area contributed by atoms with Crippen molar-refractivity contribution in [3.05, 3.63) is 45.7 Å². The van der Waals surface area contributed by atoms with E-state index in [0.717, 1.165) is 15.3 Å². The van der Waals surface area contributed by atoms with Crippen LogP contribution >= 0.6 is 22.7 Å². The summed E-state index contributed by atoms with van der Waals surface area (Å²) in [5.74, 6) is 0.354. The number of aryl methyl sites for hydroxylation is 2. The lowest BCUT2D eigenvalue weighted by Gasteiger charge is -2.05. The van der Waals surface area contributed by atoms with Crippen molar-refractivity contribution in [2.45, 2.75) is 13.8 Å². The molecule has 2 amide bonds. The topological polar surface area (TPSA) is 88.6 Å². The van der Waals surface area contributed by atoms with E-state index in [9.17, 15) is 9.59 Å². The van der Waals surface area contributed by atoms with Crippen LogP contribution in [0.5, 0.6) is 0 Å². The molecule has 0 unspecified atom stereocenters. The van der Waals surface area contributed by atoms with Gasteiger partial charge < -0.3 is 4.42 Å². The predicted octanol–water partition coefficient (Wildman–Crippen LogP) is 2.90. The summed E-state index contributed by atoms with van der Waals surface area (Å²) in [7, 11) is 0. The van der Waals surface area contributed by atoms with Crippen molar-refractivity contribution >= 4 is 49.8 Å². The largest absolute Gasteiger partial charge is 0.466 e. The maximum absolute atomic E-state index is 12.2. The number of carbonyl (C=O) groups excluding carboxylic acids is 2. The molecule has 0 aliphatic carbocycles.